The summed E-state index contributed by atoms with van der Waals surface area (Å²) >= 11 is 0. The number of hydrogen-bond donors (Lipinski definition) is 3. The third-order valence-corrected chi connectivity index (χ3v) is 3.92. The van der Waals surface area contributed by atoms with Gasteiger partial charge in [-0.2, -0.15) is 0 Å². The first-order valence-corrected chi connectivity index (χ1v) is 7.22. The van der Waals surface area contributed by atoms with Crippen molar-refractivity contribution in [2.45, 2.75) is 37.8 Å². The molecule has 0 aromatic carbocycles. The van der Waals surface area contributed by atoms with Crippen LogP contribution in [0.2, 0.25) is 0 Å². The molecule has 0 aromatic heterocycles. The highest BCUT2D eigenvalue weighted by atomic mass is 16.4. The van der Waals surface area contributed by atoms with Gasteiger partial charge in [-0.1, -0.05) is 0 Å². The maximum Gasteiger partial charge on any atom is 0.326 e. The van der Waals surface area contributed by atoms with Crippen LogP contribution >= 0.6 is 0 Å². The maximum atomic E-state index is 12.0. The van der Waals surface area contributed by atoms with Crippen LogP contribution in [-0.2, 0) is 9.59 Å². The molecule has 8 heteroatoms. The molecule has 2 atom stereocenters. The van der Waals surface area contributed by atoms with E-state index in [1.807, 2.05) is 0 Å². The molecule has 1 unspecified atom stereocenters. The van der Waals surface area contributed by atoms with Crippen molar-refractivity contribution in [1.82, 2.24) is 15.1 Å². The maximum absolute atomic E-state index is 12.0. The van der Waals surface area contributed by atoms with Crippen molar-refractivity contribution < 1.29 is 24.6 Å². The van der Waals surface area contributed by atoms with E-state index in [0.29, 0.717) is 13.1 Å². The Bertz CT molecular complexity index is 422. The Morgan fingerprint density at radius 3 is 2.43 bits per heavy atom. The van der Waals surface area contributed by atoms with Gasteiger partial charge in [0.15, 0.2) is 0 Å². The summed E-state index contributed by atoms with van der Waals surface area (Å²) in [6.07, 6.45) is 2.23. The molecule has 2 rings (SSSR count). The van der Waals surface area contributed by atoms with E-state index in [4.69, 9.17) is 5.11 Å². The van der Waals surface area contributed by atoms with Gasteiger partial charge >= 0.3 is 12.0 Å². The second kappa shape index (κ2) is 6.75. The summed E-state index contributed by atoms with van der Waals surface area (Å²) in [4.78, 5) is 37.7. The Morgan fingerprint density at radius 1 is 1.14 bits per heavy atom. The number of nitrogens with one attached hydrogen (secondary N) is 1. The van der Waals surface area contributed by atoms with E-state index in [1.165, 1.54) is 0 Å². The Kier molecular flexibility index (Phi) is 5.00. The Labute approximate surface area is 122 Å². The third-order valence-electron chi connectivity index (χ3n) is 3.92. The average Bonchev–Trinajstić information content (AvgIpc) is 2.87. The molecule has 118 valence electrons. The van der Waals surface area contributed by atoms with Gasteiger partial charge < -0.3 is 25.3 Å². The van der Waals surface area contributed by atoms with Crippen molar-refractivity contribution in [3.63, 3.8) is 0 Å². The van der Waals surface area contributed by atoms with E-state index in [1.54, 1.807) is 4.90 Å². The monoisotopic (exact) mass is 299 g/mol. The van der Waals surface area contributed by atoms with Gasteiger partial charge in [-0.3, -0.25) is 4.79 Å². The largest absolute Gasteiger partial charge is 0.480 e. The summed E-state index contributed by atoms with van der Waals surface area (Å²) < 4.78 is 0. The molecule has 0 aromatic rings. The SMILES string of the molecule is O=C(O)[C@@H]1CC(O)CN1C(=O)NCC(=O)N1CCCCC1. The van der Waals surface area contributed by atoms with Gasteiger partial charge in [0, 0.05) is 26.1 Å². The number of aliphatic hydroxyl groups is 1. The van der Waals surface area contributed by atoms with Crippen LogP contribution in [0.15, 0.2) is 0 Å². The summed E-state index contributed by atoms with van der Waals surface area (Å²) in [6.45, 7) is 1.24. The molecule has 2 aliphatic rings. The number of urea groups is 1. The van der Waals surface area contributed by atoms with Crippen LogP contribution in [0.1, 0.15) is 25.7 Å². The van der Waals surface area contributed by atoms with Gasteiger partial charge in [-0.15, -0.1) is 0 Å². The number of carboxylic acids is 1. The van der Waals surface area contributed by atoms with Crippen molar-refractivity contribution in [3.8, 4) is 0 Å². The molecule has 3 amide bonds. The highest BCUT2D eigenvalue weighted by Gasteiger charge is 2.39. The molecule has 0 saturated carbocycles. The quantitative estimate of drug-likeness (QED) is 0.634. The molecule has 21 heavy (non-hydrogen) atoms. The van der Waals surface area contributed by atoms with Crippen LogP contribution in [0.5, 0.6) is 0 Å². The molecule has 3 N–H and O–H groups in total. The number of carbonyl (C=O) groups is 3. The minimum atomic E-state index is -1.15. The zero-order chi connectivity index (χ0) is 15.4. The minimum absolute atomic E-state index is 0.0167. The number of aliphatic hydroxyl groups excluding tert-OH is 1. The van der Waals surface area contributed by atoms with Crippen LogP contribution in [0, 0.1) is 0 Å². The van der Waals surface area contributed by atoms with Gasteiger partial charge in [0.2, 0.25) is 5.91 Å². The zero-order valence-corrected chi connectivity index (χ0v) is 11.8. The van der Waals surface area contributed by atoms with E-state index >= 15 is 0 Å². The second-order valence-electron chi connectivity index (χ2n) is 5.50. The average molecular weight is 299 g/mol. The fraction of sp³-hybridized carbons (Fsp3) is 0.769. The number of nitrogens with zero attached hydrogens (tertiary/aromatic N) is 2. The molecular formula is C13H21N3O5. The number of hydrogen-bond acceptors (Lipinski definition) is 4. The molecule has 2 saturated heterocycles. The van der Waals surface area contributed by atoms with E-state index in [2.05, 4.69) is 5.32 Å². The molecule has 0 aliphatic carbocycles. The number of carbonyl (C=O) groups excluding carboxylic acids is 2. The molecular weight excluding hydrogens is 278 g/mol. The van der Waals surface area contributed by atoms with Gasteiger partial charge in [-0.25, -0.2) is 9.59 Å². The molecule has 8 nitrogen and oxygen atoms in total. The third kappa shape index (κ3) is 3.84. The molecule has 0 bridgehead atoms. The normalized spacial score (nSPS) is 25.8. The van der Waals surface area contributed by atoms with Crippen LogP contribution < -0.4 is 5.32 Å². The minimum Gasteiger partial charge on any atom is -0.480 e. The van der Waals surface area contributed by atoms with Gasteiger partial charge in [0.25, 0.3) is 0 Å². The van der Waals surface area contributed by atoms with Gasteiger partial charge in [0.1, 0.15) is 6.04 Å². The number of rotatable bonds is 3. The van der Waals surface area contributed by atoms with Crippen LogP contribution in [0.25, 0.3) is 0 Å². The summed E-state index contributed by atoms with van der Waals surface area (Å²) in [5.41, 5.74) is 0. The van der Waals surface area contributed by atoms with E-state index < -0.39 is 24.1 Å². The number of piperidine rings is 1. The number of likely N-dealkylation sites (tertiary alicyclic amines) is 2. The first-order chi connectivity index (χ1) is 9.99. The first kappa shape index (κ1) is 15.6. The van der Waals surface area contributed by atoms with Crippen molar-refractivity contribution in [1.29, 1.82) is 0 Å². The van der Waals surface area contributed by atoms with Crippen molar-refractivity contribution >= 4 is 17.9 Å². The Balaban J connectivity index is 1.83. The van der Waals surface area contributed by atoms with Gasteiger partial charge in [-0.05, 0) is 19.3 Å². The number of carboxylic acid groups (broad SMARTS) is 1. The number of amides is 3. The summed E-state index contributed by atoms with van der Waals surface area (Å²) in [6, 6.07) is -1.66. The first-order valence-electron chi connectivity index (χ1n) is 7.22. The lowest BCUT2D eigenvalue weighted by molar-refractivity contribution is -0.141. The Hall–Kier alpha value is -1.83. The fourth-order valence-corrected chi connectivity index (χ4v) is 2.78. The fourth-order valence-electron chi connectivity index (χ4n) is 2.78. The second-order valence-corrected chi connectivity index (χ2v) is 5.50. The van der Waals surface area contributed by atoms with Crippen molar-refractivity contribution in [2.75, 3.05) is 26.2 Å². The van der Waals surface area contributed by atoms with E-state index in [0.717, 1.165) is 24.2 Å². The van der Waals surface area contributed by atoms with Gasteiger partial charge in [0.05, 0.1) is 12.6 Å². The predicted octanol–water partition coefficient (Wildman–Crippen LogP) is -0.772. The lowest BCUT2D eigenvalue weighted by Crippen LogP contribution is -2.49. The molecule has 0 spiro atoms. The highest BCUT2D eigenvalue weighted by Crippen LogP contribution is 2.18. The zero-order valence-electron chi connectivity index (χ0n) is 11.8. The molecule has 2 aliphatic heterocycles. The van der Waals surface area contributed by atoms with Crippen LogP contribution in [0.3, 0.4) is 0 Å². The standard InChI is InChI=1S/C13H21N3O5/c17-9-6-10(12(19)20)16(8-9)13(21)14-7-11(18)15-4-2-1-3-5-15/h9-10,17H,1-8H2,(H,14,21)(H,19,20)/t9?,10-/m0/s1. The highest BCUT2D eigenvalue weighted by molar-refractivity contribution is 5.87. The summed E-state index contributed by atoms with van der Waals surface area (Å²) in [7, 11) is 0. The Morgan fingerprint density at radius 2 is 1.81 bits per heavy atom. The number of aliphatic carboxylic acids is 1. The van der Waals surface area contributed by atoms with E-state index in [-0.39, 0.29) is 25.4 Å². The van der Waals surface area contributed by atoms with Crippen molar-refractivity contribution in [2.24, 2.45) is 0 Å². The lowest BCUT2D eigenvalue weighted by Gasteiger charge is -2.27. The topological polar surface area (TPSA) is 110 Å². The smallest absolute Gasteiger partial charge is 0.326 e. The van der Waals surface area contributed by atoms with Crippen LogP contribution in [0.4, 0.5) is 4.79 Å². The molecule has 2 heterocycles. The molecule has 0 radical (unpaired) electrons. The van der Waals surface area contributed by atoms with Crippen molar-refractivity contribution in [3.05, 3.63) is 0 Å². The number of β-amino-alcohol motifs (C(OH)–C–C–N with tert-alkyl or cyclic N) is 1. The van der Waals surface area contributed by atoms with E-state index in [9.17, 15) is 19.5 Å². The summed E-state index contributed by atoms with van der Waals surface area (Å²) in [5, 5.41) is 21.0. The lowest BCUT2D eigenvalue weighted by atomic mass is 10.1. The predicted molar refractivity (Wildman–Crippen MR) is 72.6 cm³/mol. The summed E-state index contributed by atoms with van der Waals surface area (Å²) in [5.74, 6) is -1.31. The molecule has 2 fully saturated rings. The van der Waals surface area contributed by atoms with Crippen LogP contribution in [-0.4, -0.2) is 76.2 Å².